The number of ether oxygens (including phenoxy) is 2. The maximum Gasteiger partial charge on any atom is 0.165 e. The molecule has 3 nitrogen and oxygen atoms in total. The van der Waals surface area contributed by atoms with Gasteiger partial charge >= 0.3 is 0 Å². The first-order valence-corrected chi connectivity index (χ1v) is 12.6. The average Bonchev–Trinajstić information content (AvgIpc) is 2.88. The van der Waals surface area contributed by atoms with Gasteiger partial charge in [0.1, 0.15) is 6.61 Å². The van der Waals surface area contributed by atoms with Crippen LogP contribution >= 0.6 is 22.6 Å². The quantitative estimate of drug-likeness (QED) is 0.0880. The molecule has 0 radical (unpaired) electrons. The van der Waals surface area contributed by atoms with Crippen molar-refractivity contribution in [3.8, 4) is 17.6 Å². The second kappa shape index (κ2) is 11.7. The van der Waals surface area contributed by atoms with E-state index in [0.717, 1.165) is 33.0 Å². The molecular weight excluding hydrogens is 545 g/mol. The van der Waals surface area contributed by atoms with Crippen molar-refractivity contribution in [2.24, 2.45) is 0 Å². The standard InChI is InChI=1S/C31H26INO2/c1-3-7-27-16-23(17-28(20-33)26-13-12-24-8-5-6-9-25(24)19-26)18-30(34-4-2)31(27)35-21-22-10-14-29(32)15-11-22/h3,5-6,8-19H,1,4,7,21H2,2H3/b28-17-. The number of benzene rings is 4. The van der Waals surface area contributed by atoms with E-state index in [2.05, 4.69) is 77.7 Å². The molecule has 0 saturated heterocycles. The highest BCUT2D eigenvalue weighted by Gasteiger charge is 2.14. The van der Waals surface area contributed by atoms with E-state index in [4.69, 9.17) is 9.47 Å². The van der Waals surface area contributed by atoms with Gasteiger partial charge in [0.2, 0.25) is 0 Å². The number of nitrogens with zero attached hydrogens (tertiary/aromatic N) is 1. The van der Waals surface area contributed by atoms with Gasteiger partial charge in [0, 0.05) is 9.13 Å². The lowest BCUT2D eigenvalue weighted by molar-refractivity contribution is 0.267. The molecule has 0 unspecified atom stereocenters. The molecule has 0 spiro atoms. The first-order valence-electron chi connectivity index (χ1n) is 11.5. The maximum atomic E-state index is 9.95. The van der Waals surface area contributed by atoms with Crippen LogP contribution in [0, 0.1) is 14.9 Å². The van der Waals surface area contributed by atoms with Gasteiger partial charge in [0.25, 0.3) is 0 Å². The zero-order valence-corrected chi connectivity index (χ0v) is 21.8. The molecule has 0 bridgehead atoms. The Labute approximate surface area is 220 Å². The maximum absolute atomic E-state index is 9.95. The zero-order chi connectivity index (χ0) is 24.6. The van der Waals surface area contributed by atoms with Crippen molar-refractivity contribution >= 4 is 45.0 Å². The summed E-state index contributed by atoms with van der Waals surface area (Å²) in [6.07, 6.45) is 4.38. The molecule has 4 rings (SSSR count). The van der Waals surface area contributed by atoms with E-state index in [1.54, 1.807) is 0 Å². The molecule has 0 heterocycles. The van der Waals surface area contributed by atoms with Crippen LogP contribution in [-0.4, -0.2) is 6.61 Å². The molecule has 35 heavy (non-hydrogen) atoms. The van der Waals surface area contributed by atoms with Crippen molar-refractivity contribution < 1.29 is 9.47 Å². The van der Waals surface area contributed by atoms with Crippen molar-refractivity contribution in [1.29, 1.82) is 5.26 Å². The third-order valence-electron chi connectivity index (χ3n) is 5.61. The molecule has 0 aliphatic heterocycles. The molecule has 4 aromatic rings. The normalized spacial score (nSPS) is 11.2. The lowest BCUT2D eigenvalue weighted by atomic mass is 9.98. The van der Waals surface area contributed by atoms with Gasteiger partial charge in [-0.15, -0.1) is 6.58 Å². The van der Waals surface area contributed by atoms with E-state index in [9.17, 15) is 5.26 Å². The summed E-state index contributed by atoms with van der Waals surface area (Å²) in [6.45, 7) is 6.82. The van der Waals surface area contributed by atoms with E-state index >= 15 is 0 Å². The predicted molar refractivity (Wildman–Crippen MR) is 152 cm³/mol. The van der Waals surface area contributed by atoms with Gasteiger partial charge in [-0.05, 0) is 99.8 Å². The number of halogens is 1. The van der Waals surface area contributed by atoms with Crippen LogP contribution in [-0.2, 0) is 13.0 Å². The molecule has 0 atom stereocenters. The first kappa shape index (κ1) is 24.6. The summed E-state index contributed by atoms with van der Waals surface area (Å²) >= 11 is 2.29. The third kappa shape index (κ3) is 6.12. The lowest BCUT2D eigenvalue weighted by Gasteiger charge is -2.17. The second-order valence-corrected chi connectivity index (χ2v) is 9.33. The van der Waals surface area contributed by atoms with Crippen molar-refractivity contribution in [2.75, 3.05) is 6.61 Å². The highest BCUT2D eigenvalue weighted by Crippen LogP contribution is 2.36. The fraction of sp³-hybridized carbons (Fsp3) is 0.129. The Bertz CT molecular complexity index is 1410. The van der Waals surface area contributed by atoms with Crippen molar-refractivity contribution in [2.45, 2.75) is 20.0 Å². The summed E-state index contributed by atoms with van der Waals surface area (Å²) < 4.78 is 13.4. The van der Waals surface area contributed by atoms with Crippen LogP contribution in [0.5, 0.6) is 11.5 Å². The molecule has 0 aliphatic carbocycles. The third-order valence-corrected chi connectivity index (χ3v) is 6.33. The molecule has 0 aliphatic rings. The zero-order valence-electron chi connectivity index (χ0n) is 19.6. The number of hydrogen-bond acceptors (Lipinski definition) is 3. The van der Waals surface area contributed by atoms with E-state index in [1.165, 1.54) is 3.57 Å². The van der Waals surface area contributed by atoms with Gasteiger partial charge in [0.15, 0.2) is 11.5 Å². The number of hydrogen-bond donors (Lipinski definition) is 0. The minimum absolute atomic E-state index is 0.441. The molecule has 0 fully saturated rings. The number of rotatable bonds is 9. The minimum Gasteiger partial charge on any atom is -0.490 e. The number of nitriles is 1. The van der Waals surface area contributed by atoms with Crippen LogP contribution in [0.3, 0.4) is 0 Å². The van der Waals surface area contributed by atoms with Gasteiger partial charge in [-0.1, -0.05) is 54.6 Å². The van der Waals surface area contributed by atoms with E-state index in [1.807, 2.05) is 55.5 Å². The fourth-order valence-corrected chi connectivity index (χ4v) is 4.30. The van der Waals surface area contributed by atoms with Crippen LogP contribution in [0.2, 0.25) is 0 Å². The van der Waals surface area contributed by atoms with Crippen LogP contribution < -0.4 is 9.47 Å². The van der Waals surface area contributed by atoms with Gasteiger partial charge in [-0.2, -0.15) is 5.26 Å². The van der Waals surface area contributed by atoms with Gasteiger partial charge < -0.3 is 9.47 Å². The Hall–Kier alpha value is -3.56. The first-order chi connectivity index (χ1) is 17.1. The average molecular weight is 571 g/mol. The second-order valence-electron chi connectivity index (χ2n) is 8.08. The lowest BCUT2D eigenvalue weighted by Crippen LogP contribution is -2.03. The SMILES string of the molecule is C=CCc1cc(/C=C(/C#N)c2ccc3ccccc3c2)cc(OCC)c1OCc1ccc(I)cc1. The van der Waals surface area contributed by atoms with Crippen molar-refractivity contribution in [3.63, 3.8) is 0 Å². The molecule has 0 saturated carbocycles. The number of fused-ring (bicyclic) bond motifs is 1. The van der Waals surface area contributed by atoms with E-state index in [-0.39, 0.29) is 0 Å². The van der Waals surface area contributed by atoms with Gasteiger partial charge in [-0.25, -0.2) is 0 Å². The molecule has 4 aromatic carbocycles. The Balaban J connectivity index is 1.71. The summed E-state index contributed by atoms with van der Waals surface area (Å²) in [6, 6.07) is 28.9. The summed E-state index contributed by atoms with van der Waals surface area (Å²) in [5.74, 6) is 1.38. The Morgan fingerprint density at radius 2 is 1.74 bits per heavy atom. The molecule has 4 heteroatoms. The minimum atomic E-state index is 0.441. The van der Waals surface area contributed by atoms with Crippen molar-refractivity contribution in [1.82, 2.24) is 0 Å². The smallest absolute Gasteiger partial charge is 0.165 e. The van der Waals surface area contributed by atoms with E-state index < -0.39 is 0 Å². The largest absolute Gasteiger partial charge is 0.490 e. The van der Waals surface area contributed by atoms with Crippen LogP contribution in [0.25, 0.3) is 22.4 Å². The Morgan fingerprint density at radius 1 is 0.971 bits per heavy atom. The van der Waals surface area contributed by atoms with Crippen molar-refractivity contribution in [3.05, 3.63) is 117 Å². The summed E-state index contributed by atoms with van der Waals surface area (Å²) in [4.78, 5) is 0. The summed E-state index contributed by atoms with van der Waals surface area (Å²) in [5.41, 5.74) is 4.42. The summed E-state index contributed by atoms with van der Waals surface area (Å²) in [5, 5.41) is 12.2. The topological polar surface area (TPSA) is 42.2 Å². The molecule has 0 aromatic heterocycles. The fourth-order valence-electron chi connectivity index (χ4n) is 3.94. The highest BCUT2D eigenvalue weighted by atomic mass is 127. The number of allylic oxidation sites excluding steroid dienone is 2. The Morgan fingerprint density at radius 3 is 2.46 bits per heavy atom. The monoisotopic (exact) mass is 571 g/mol. The predicted octanol–water partition coefficient (Wildman–Crippen LogP) is 8.21. The Kier molecular flexibility index (Phi) is 8.23. The molecular formula is C31H26INO2. The highest BCUT2D eigenvalue weighted by molar-refractivity contribution is 14.1. The molecule has 0 N–H and O–H groups in total. The molecule has 174 valence electrons. The summed E-state index contributed by atoms with van der Waals surface area (Å²) in [7, 11) is 0. The van der Waals surface area contributed by atoms with Crippen LogP contribution in [0.4, 0.5) is 0 Å². The van der Waals surface area contributed by atoms with Gasteiger partial charge in [-0.3, -0.25) is 0 Å². The van der Waals surface area contributed by atoms with Crippen LogP contribution in [0.15, 0.2) is 91.5 Å². The van der Waals surface area contributed by atoms with Crippen LogP contribution in [0.1, 0.15) is 29.2 Å². The van der Waals surface area contributed by atoms with E-state index in [0.29, 0.717) is 36.7 Å². The van der Waals surface area contributed by atoms with Gasteiger partial charge in [0.05, 0.1) is 18.2 Å². The molecule has 0 amide bonds.